The van der Waals surface area contributed by atoms with Gasteiger partial charge in [0.05, 0.1) is 22.3 Å². The summed E-state index contributed by atoms with van der Waals surface area (Å²) in [6, 6.07) is 12.6. The Morgan fingerprint density at radius 2 is 1.76 bits per heavy atom. The van der Waals surface area contributed by atoms with Gasteiger partial charge in [0.2, 0.25) is 0 Å². The van der Waals surface area contributed by atoms with Gasteiger partial charge in [-0.25, -0.2) is 0 Å². The Balaban J connectivity index is 2.06. The average Bonchev–Trinajstić information content (AvgIpc) is 2.98. The molecule has 0 radical (unpaired) electrons. The molecule has 3 rings (SSSR count). The first-order chi connectivity index (χ1) is 11.8. The van der Waals surface area contributed by atoms with Crippen LogP contribution in [0.2, 0.25) is 15.1 Å². The predicted octanol–water partition coefficient (Wildman–Crippen LogP) is 6.25. The van der Waals surface area contributed by atoms with Crippen LogP contribution in [-0.4, -0.2) is 15.0 Å². The first-order valence-electron chi connectivity index (χ1n) is 7.33. The standard InChI is InChI=1S/C18H12Cl4N2O/c1-10-2-3-11(6-14(10)20)9-24-17(8-16(23-24)18(22)25)12-4-5-13(19)15(21)7-12/h2-8H,9H2,1H3. The minimum Gasteiger partial charge on any atom is -0.274 e. The second-order valence-corrected chi connectivity index (χ2v) is 7.12. The number of aromatic nitrogens is 2. The third-order valence-electron chi connectivity index (χ3n) is 3.77. The van der Waals surface area contributed by atoms with Crippen molar-refractivity contribution in [1.82, 2.24) is 9.78 Å². The molecule has 0 unspecified atom stereocenters. The van der Waals surface area contributed by atoms with Crippen molar-refractivity contribution >= 4 is 51.6 Å². The van der Waals surface area contributed by atoms with Crippen molar-refractivity contribution in [3.63, 3.8) is 0 Å². The molecule has 7 heteroatoms. The molecule has 0 atom stereocenters. The highest BCUT2D eigenvalue weighted by atomic mass is 35.5. The smallest absolute Gasteiger partial charge is 0.272 e. The molecule has 1 aromatic heterocycles. The molecule has 2 aromatic carbocycles. The van der Waals surface area contributed by atoms with E-state index in [1.807, 2.05) is 31.2 Å². The summed E-state index contributed by atoms with van der Waals surface area (Å²) >= 11 is 23.9. The van der Waals surface area contributed by atoms with E-state index >= 15 is 0 Å². The van der Waals surface area contributed by atoms with Gasteiger partial charge in [-0.2, -0.15) is 5.10 Å². The molecule has 0 aliphatic rings. The maximum Gasteiger partial charge on any atom is 0.272 e. The molecule has 0 aliphatic carbocycles. The lowest BCUT2D eigenvalue weighted by Gasteiger charge is -2.09. The van der Waals surface area contributed by atoms with Gasteiger partial charge >= 0.3 is 0 Å². The number of aryl methyl sites for hydroxylation is 1. The van der Waals surface area contributed by atoms with Gasteiger partial charge in [0.25, 0.3) is 5.24 Å². The summed E-state index contributed by atoms with van der Waals surface area (Å²) in [5.74, 6) is 0. The van der Waals surface area contributed by atoms with Crippen molar-refractivity contribution in [2.45, 2.75) is 13.5 Å². The molecule has 0 N–H and O–H groups in total. The molecule has 0 spiro atoms. The van der Waals surface area contributed by atoms with Crippen LogP contribution in [0.1, 0.15) is 21.6 Å². The maximum absolute atomic E-state index is 11.5. The third-order valence-corrected chi connectivity index (χ3v) is 5.11. The summed E-state index contributed by atoms with van der Waals surface area (Å²) in [6.07, 6.45) is 0. The molecule has 0 bridgehead atoms. The second kappa shape index (κ2) is 7.38. The number of rotatable bonds is 4. The average molecular weight is 414 g/mol. The number of nitrogens with zero attached hydrogens (tertiary/aromatic N) is 2. The molecule has 0 aliphatic heterocycles. The van der Waals surface area contributed by atoms with E-state index in [9.17, 15) is 4.79 Å². The van der Waals surface area contributed by atoms with Crippen molar-refractivity contribution in [2.75, 3.05) is 0 Å². The molecule has 0 fully saturated rings. The molecule has 0 saturated heterocycles. The topological polar surface area (TPSA) is 34.9 Å². The minimum absolute atomic E-state index is 0.168. The lowest BCUT2D eigenvalue weighted by atomic mass is 10.1. The summed E-state index contributed by atoms with van der Waals surface area (Å²) in [5, 5.41) is 5.23. The molecule has 0 amide bonds. The van der Waals surface area contributed by atoms with E-state index < -0.39 is 5.24 Å². The Hall–Kier alpha value is -1.52. The summed E-state index contributed by atoms with van der Waals surface area (Å²) in [6.45, 7) is 2.37. The lowest BCUT2D eigenvalue weighted by molar-refractivity contribution is 0.107. The molecule has 128 valence electrons. The first kappa shape index (κ1) is 18.3. The summed E-state index contributed by atoms with van der Waals surface area (Å²) in [5.41, 5.74) is 3.60. The Morgan fingerprint density at radius 3 is 2.40 bits per heavy atom. The van der Waals surface area contributed by atoms with Crippen LogP contribution in [0.15, 0.2) is 42.5 Å². The zero-order valence-corrected chi connectivity index (χ0v) is 16.1. The van der Waals surface area contributed by atoms with Crippen LogP contribution in [0.4, 0.5) is 0 Å². The maximum atomic E-state index is 11.5. The summed E-state index contributed by atoms with van der Waals surface area (Å²) in [4.78, 5) is 11.5. The molecule has 3 nitrogen and oxygen atoms in total. The van der Waals surface area contributed by atoms with E-state index in [0.29, 0.717) is 27.3 Å². The molecule has 25 heavy (non-hydrogen) atoms. The summed E-state index contributed by atoms with van der Waals surface area (Å²) in [7, 11) is 0. The normalized spacial score (nSPS) is 10.9. The van der Waals surface area contributed by atoms with E-state index in [0.717, 1.165) is 16.7 Å². The van der Waals surface area contributed by atoms with Gasteiger partial charge in [-0.1, -0.05) is 53.0 Å². The monoisotopic (exact) mass is 412 g/mol. The highest BCUT2D eigenvalue weighted by molar-refractivity contribution is 6.67. The zero-order valence-electron chi connectivity index (χ0n) is 13.1. The van der Waals surface area contributed by atoms with Crippen LogP contribution < -0.4 is 0 Å². The fraction of sp³-hybridized carbons (Fsp3) is 0.111. The number of benzene rings is 2. The SMILES string of the molecule is Cc1ccc(Cn2nc(C(=O)Cl)cc2-c2ccc(Cl)c(Cl)c2)cc1Cl. The van der Waals surface area contributed by atoms with Crippen molar-refractivity contribution in [3.8, 4) is 11.3 Å². The molecule has 1 heterocycles. The van der Waals surface area contributed by atoms with Crippen molar-refractivity contribution < 1.29 is 4.79 Å². The number of hydrogen-bond acceptors (Lipinski definition) is 2. The van der Waals surface area contributed by atoms with E-state index in [2.05, 4.69) is 5.10 Å². The molecular weight excluding hydrogens is 402 g/mol. The van der Waals surface area contributed by atoms with Gasteiger partial charge < -0.3 is 0 Å². The second-order valence-electron chi connectivity index (χ2n) is 5.56. The van der Waals surface area contributed by atoms with Crippen molar-refractivity contribution in [2.24, 2.45) is 0 Å². The number of halogens is 4. The quantitative estimate of drug-likeness (QED) is 0.474. The Kier molecular flexibility index (Phi) is 5.40. The van der Waals surface area contributed by atoms with E-state index in [1.54, 1.807) is 22.9 Å². The fourth-order valence-electron chi connectivity index (χ4n) is 2.43. The highest BCUT2D eigenvalue weighted by Gasteiger charge is 2.15. The number of carbonyl (C=O) groups excluding carboxylic acids is 1. The van der Waals surface area contributed by atoms with Gasteiger partial charge in [-0.05, 0) is 53.9 Å². The number of hydrogen-bond donors (Lipinski definition) is 0. The van der Waals surface area contributed by atoms with Gasteiger partial charge in [-0.15, -0.1) is 0 Å². The largest absolute Gasteiger partial charge is 0.274 e. The Bertz CT molecular complexity index is 966. The van der Waals surface area contributed by atoms with Crippen molar-refractivity contribution in [1.29, 1.82) is 0 Å². The van der Waals surface area contributed by atoms with Crippen molar-refractivity contribution in [3.05, 3.63) is 74.4 Å². The predicted molar refractivity (Wildman–Crippen MR) is 103 cm³/mol. The summed E-state index contributed by atoms with van der Waals surface area (Å²) < 4.78 is 1.69. The van der Waals surface area contributed by atoms with Gasteiger partial charge in [0.1, 0.15) is 5.69 Å². The fourth-order valence-corrected chi connectivity index (χ4v) is 3.02. The van der Waals surface area contributed by atoms with Crippen LogP contribution in [0, 0.1) is 6.92 Å². The van der Waals surface area contributed by atoms with Crippen LogP contribution in [0.3, 0.4) is 0 Å². The van der Waals surface area contributed by atoms with Crippen LogP contribution in [-0.2, 0) is 6.54 Å². The lowest BCUT2D eigenvalue weighted by Crippen LogP contribution is -2.05. The number of carbonyl (C=O) groups is 1. The molecule has 0 saturated carbocycles. The van der Waals surface area contributed by atoms with Gasteiger partial charge in [0.15, 0.2) is 0 Å². The van der Waals surface area contributed by atoms with Crippen LogP contribution >= 0.6 is 46.4 Å². The first-order valence-corrected chi connectivity index (χ1v) is 8.84. The molecule has 3 aromatic rings. The van der Waals surface area contributed by atoms with E-state index in [1.165, 1.54) is 0 Å². The zero-order chi connectivity index (χ0) is 18.1. The third kappa shape index (κ3) is 4.01. The minimum atomic E-state index is -0.623. The van der Waals surface area contributed by atoms with Gasteiger partial charge in [0, 0.05) is 10.6 Å². The Labute approximate surface area is 165 Å². The van der Waals surface area contributed by atoms with E-state index in [-0.39, 0.29) is 5.69 Å². The highest BCUT2D eigenvalue weighted by Crippen LogP contribution is 2.30. The van der Waals surface area contributed by atoms with Crippen LogP contribution in [0.25, 0.3) is 11.3 Å². The van der Waals surface area contributed by atoms with E-state index in [4.69, 9.17) is 46.4 Å². The molecular formula is C18H12Cl4N2O. The van der Waals surface area contributed by atoms with Gasteiger partial charge in [-0.3, -0.25) is 9.48 Å². The Morgan fingerprint density at radius 1 is 1.00 bits per heavy atom. The van der Waals surface area contributed by atoms with Crippen LogP contribution in [0.5, 0.6) is 0 Å².